The molecule has 6 rings (SSSR count). The summed E-state index contributed by atoms with van der Waals surface area (Å²) >= 11 is 0. The second-order valence-corrected chi connectivity index (χ2v) is 10.6. The number of pyridine rings is 2. The summed E-state index contributed by atoms with van der Waals surface area (Å²) in [5, 5.41) is 6.54. The maximum atomic E-state index is 13.0. The number of amides is 3. The lowest BCUT2D eigenvalue weighted by molar-refractivity contribution is 0.0302. The lowest BCUT2D eigenvalue weighted by Crippen LogP contribution is -2.40. The van der Waals surface area contributed by atoms with E-state index in [1.54, 1.807) is 23.4 Å². The molecular formula is C31H35N7O3. The summed E-state index contributed by atoms with van der Waals surface area (Å²) in [6.07, 6.45) is 11.8. The number of hydrogen-bond donors (Lipinski definition) is 2. The summed E-state index contributed by atoms with van der Waals surface area (Å²) in [6, 6.07) is 11.6. The van der Waals surface area contributed by atoms with E-state index in [1.165, 1.54) is 12.8 Å². The molecule has 0 aliphatic carbocycles. The molecule has 0 spiro atoms. The van der Waals surface area contributed by atoms with Gasteiger partial charge in [0.05, 0.1) is 24.5 Å². The van der Waals surface area contributed by atoms with Gasteiger partial charge in [-0.1, -0.05) is 25.0 Å². The summed E-state index contributed by atoms with van der Waals surface area (Å²) in [5.74, 6) is 0.573. The molecule has 10 nitrogen and oxygen atoms in total. The number of anilines is 3. The Morgan fingerprint density at radius 1 is 0.902 bits per heavy atom. The predicted octanol–water partition coefficient (Wildman–Crippen LogP) is 5.33. The van der Waals surface area contributed by atoms with Crippen LogP contribution in [0.2, 0.25) is 0 Å². The maximum Gasteiger partial charge on any atom is 0.321 e. The second kappa shape index (κ2) is 12.0. The number of morpholine rings is 1. The number of benzene rings is 1. The van der Waals surface area contributed by atoms with Crippen molar-refractivity contribution in [3.8, 4) is 11.1 Å². The first kappa shape index (κ1) is 26.8. The Bertz CT molecular complexity index is 1540. The Labute approximate surface area is 239 Å². The van der Waals surface area contributed by atoms with E-state index >= 15 is 0 Å². The highest BCUT2D eigenvalue weighted by Crippen LogP contribution is 2.32. The van der Waals surface area contributed by atoms with E-state index < -0.39 is 0 Å². The number of hydrogen-bond acceptors (Lipinski definition) is 6. The second-order valence-electron chi connectivity index (χ2n) is 10.6. The molecule has 2 aliphatic rings. The predicted molar refractivity (Wildman–Crippen MR) is 159 cm³/mol. The van der Waals surface area contributed by atoms with E-state index in [2.05, 4.69) is 26.7 Å². The van der Waals surface area contributed by atoms with Gasteiger partial charge in [-0.25, -0.2) is 14.8 Å². The highest BCUT2D eigenvalue weighted by atomic mass is 16.5. The van der Waals surface area contributed by atoms with Crippen LogP contribution in [0.25, 0.3) is 16.8 Å². The summed E-state index contributed by atoms with van der Waals surface area (Å²) in [5.41, 5.74) is 5.87. The molecule has 41 heavy (non-hydrogen) atoms. The Balaban J connectivity index is 1.24. The first-order valence-electron chi connectivity index (χ1n) is 14.3. The van der Waals surface area contributed by atoms with E-state index in [9.17, 15) is 9.59 Å². The van der Waals surface area contributed by atoms with Gasteiger partial charge >= 0.3 is 6.03 Å². The zero-order chi connectivity index (χ0) is 28.2. The van der Waals surface area contributed by atoms with Crippen molar-refractivity contribution < 1.29 is 14.3 Å². The highest BCUT2D eigenvalue weighted by Gasteiger charge is 2.20. The zero-order valence-corrected chi connectivity index (χ0v) is 23.3. The summed E-state index contributed by atoms with van der Waals surface area (Å²) in [6.45, 7) is 5.92. The number of ether oxygens (including phenoxy) is 1. The maximum absolute atomic E-state index is 13.0. The number of carbonyl (C=O) groups is 2. The van der Waals surface area contributed by atoms with Crippen LogP contribution in [0, 0.1) is 6.92 Å². The van der Waals surface area contributed by atoms with Gasteiger partial charge in [-0.2, -0.15) is 0 Å². The highest BCUT2D eigenvalue weighted by molar-refractivity contribution is 5.94. The Kier molecular flexibility index (Phi) is 7.82. The molecule has 2 aliphatic heterocycles. The lowest BCUT2D eigenvalue weighted by Gasteiger charge is -2.26. The van der Waals surface area contributed by atoms with E-state index in [0.29, 0.717) is 37.7 Å². The van der Waals surface area contributed by atoms with Crippen LogP contribution >= 0.6 is 0 Å². The number of carbonyl (C=O) groups excluding carboxylic acids is 2. The number of rotatable bonds is 5. The van der Waals surface area contributed by atoms with Gasteiger partial charge in [0.1, 0.15) is 5.82 Å². The van der Waals surface area contributed by atoms with Crippen LogP contribution in [0.4, 0.5) is 22.0 Å². The molecule has 212 valence electrons. The average Bonchev–Trinajstić information content (AvgIpc) is 3.31. The first-order valence-corrected chi connectivity index (χ1v) is 14.3. The summed E-state index contributed by atoms with van der Waals surface area (Å²) in [4.78, 5) is 38.6. The minimum absolute atomic E-state index is 0.0386. The number of nitrogens with one attached hydrogen (secondary N) is 2. The van der Waals surface area contributed by atoms with Crippen LogP contribution in [-0.2, 0) is 4.74 Å². The smallest absolute Gasteiger partial charge is 0.321 e. The third-order valence-corrected chi connectivity index (χ3v) is 7.84. The molecular weight excluding hydrogens is 518 g/mol. The lowest BCUT2D eigenvalue weighted by atomic mass is 10.00. The Hall–Kier alpha value is -4.44. The molecule has 3 aromatic heterocycles. The average molecular weight is 554 g/mol. The molecule has 10 heteroatoms. The fourth-order valence-corrected chi connectivity index (χ4v) is 5.51. The molecule has 0 unspecified atom stereocenters. The fourth-order valence-electron chi connectivity index (χ4n) is 5.51. The van der Waals surface area contributed by atoms with Crippen molar-refractivity contribution in [2.24, 2.45) is 0 Å². The Morgan fingerprint density at radius 3 is 2.46 bits per heavy atom. The SMILES string of the molecule is Cc1c(NC(=O)N2CCCCCC2)cccc1-c1cc(Nc2ccc(C(=O)N3CCOCC3)cn2)c2nccn2c1. The number of likely N-dealkylation sites (tertiary alicyclic amines) is 1. The van der Waals surface area contributed by atoms with Crippen LogP contribution in [-0.4, -0.2) is 75.5 Å². The van der Waals surface area contributed by atoms with Crippen molar-refractivity contribution in [1.82, 2.24) is 24.2 Å². The van der Waals surface area contributed by atoms with Gasteiger partial charge in [0.15, 0.2) is 5.65 Å². The number of imidazole rings is 1. The normalized spacial score (nSPS) is 15.9. The van der Waals surface area contributed by atoms with Gasteiger partial charge in [-0.15, -0.1) is 0 Å². The Morgan fingerprint density at radius 2 is 1.71 bits per heavy atom. The summed E-state index contributed by atoms with van der Waals surface area (Å²) in [7, 11) is 0. The fraction of sp³-hybridized carbons (Fsp3) is 0.355. The molecule has 2 N–H and O–H groups in total. The molecule has 0 radical (unpaired) electrons. The molecule has 0 bridgehead atoms. The van der Waals surface area contributed by atoms with Crippen molar-refractivity contribution in [2.45, 2.75) is 32.6 Å². The van der Waals surface area contributed by atoms with Crippen molar-refractivity contribution >= 4 is 34.8 Å². The van der Waals surface area contributed by atoms with Gasteiger partial charge in [-0.05, 0) is 55.2 Å². The van der Waals surface area contributed by atoms with Crippen molar-refractivity contribution in [1.29, 1.82) is 0 Å². The quantitative estimate of drug-likeness (QED) is 0.346. The molecule has 1 aromatic carbocycles. The van der Waals surface area contributed by atoms with Crippen LogP contribution in [0.15, 0.2) is 61.2 Å². The van der Waals surface area contributed by atoms with E-state index in [4.69, 9.17) is 4.74 Å². The minimum Gasteiger partial charge on any atom is -0.378 e. The zero-order valence-electron chi connectivity index (χ0n) is 23.3. The van der Waals surface area contributed by atoms with E-state index in [0.717, 1.165) is 59.6 Å². The third kappa shape index (κ3) is 5.88. The van der Waals surface area contributed by atoms with Crippen molar-refractivity contribution in [2.75, 3.05) is 50.0 Å². The number of aromatic nitrogens is 3. The molecule has 5 heterocycles. The van der Waals surface area contributed by atoms with Crippen LogP contribution in [0.1, 0.15) is 41.6 Å². The molecule has 0 saturated carbocycles. The molecule has 4 aromatic rings. The minimum atomic E-state index is -0.0406. The first-order chi connectivity index (χ1) is 20.1. The molecule has 3 amide bonds. The topological polar surface area (TPSA) is 104 Å². The van der Waals surface area contributed by atoms with E-state index in [-0.39, 0.29) is 11.9 Å². The van der Waals surface area contributed by atoms with Gasteiger partial charge in [0, 0.05) is 62.2 Å². The van der Waals surface area contributed by atoms with Gasteiger partial charge in [-0.3, -0.25) is 4.79 Å². The van der Waals surface area contributed by atoms with Crippen molar-refractivity contribution in [3.05, 3.63) is 72.3 Å². The number of fused-ring (bicyclic) bond motifs is 1. The van der Waals surface area contributed by atoms with Crippen LogP contribution < -0.4 is 10.6 Å². The van der Waals surface area contributed by atoms with Crippen LogP contribution in [0.3, 0.4) is 0 Å². The molecule has 2 fully saturated rings. The van der Waals surface area contributed by atoms with Gasteiger partial charge < -0.3 is 29.6 Å². The standard InChI is InChI=1S/C31H35N7O3/c1-22-25(7-6-8-26(22)35-31(40)37-12-4-2-3-5-13-37)24-19-27(29-32-11-14-38(29)21-24)34-28-10-9-23(20-33-28)30(39)36-15-17-41-18-16-36/h6-11,14,19-21H,2-5,12-13,15-18H2,1H3,(H,33,34)(H,35,40). The largest absolute Gasteiger partial charge is 0.378 e. The number of nitrogens with zero attached hydrogens (tertiary/aromatic N) is 5. The molecule has 2 saturated heterocycles. The third-order valence-electron chi connectivity index (χ3n) is 7.84. The van der Waals surface area contributed by atoms with Gasteiger partial charge in [0.2, 0.25) is 0 Å². The van der Waals surface area contributed by atoms with Crippen molar-refractivity contribution in [3.63, 3.8) is 0 Å². The van der Waals surface area contributed by atoms with Crippen LogP contribution in [0.5, 0.6) is 0 Å². The monoisotopic (exact) mass is 553 g/mol. The number of urea groups is 1. The van der Waals surface area contributed by atoms with Gasteiger partial charge in [0.25, 0.3) is 5.91 Å². The van der Waals surface area contributed by atoms with E-state index in [1.807, 2.05) is 52.9 Å². The summed E-state index contributed by atoms with van der Waals surface area (Å²) < 4.78 is 7.32. The molecule has 0 atom stereocenters.